The number of ether oxygens (including phenoxy) is 2. The van der Waals surface area contributed by atoms with Gasteiger partial charge in [-0.1, -0.05) is 49.2 Å². The minimum atomic E-state index is -0.602. The Balaban J connectivity index is 1.79. The first-order valence-corrected chi connectivity index (χ1v) is 12.0. The Morgan fingerprint density at radius 1 is 1.06 bits per heavy atom. The van der Waals surface area contributed by atoms with E-state index in [1.165, 1.54) is 0 Å². The third kappa shape index (κ3) is 6.55. The van der Waals surface area contributed by atoms with Gasteiger partial charge < -0.3 is 19.7 Å². The molecule has 0 bridgehead atoms. The fourth-order valence-corrected chi connectivity index (χ4v) is 4.15. The number of carbonyl (C=O) groups excluding carboxylic acids is 2. The molecule has 1 heterocycles. The van der Waals surface area contributed by atoms with Crippen LogP contribution in [0.5, 0.6) is 11.5 Å². The van der Waals surface area contributed by atoms with E-state index in [1.807, 2.05) is 39.0 Å². The molecule has 0 aromatic heterocycles. The van der Waals surface area contributed by atoms with Gasteiger partial charge in [-0.15, -0.1) is 0 Å². The smallest absolute Gasteiger partial charge is 0.243 e. The van der Waals surface area contributed by atoms with Gasteiger partial charge in [-0.05, 0) is 61.6 Å². The van der Waals surface area contributed by atoms with Crippen LogP contribution in [0.15, 0.2) is 36.4 Å². The lowest BCUT2D eigenvalue weighted by molar-refractivity contribution is -0.141. The molecule has 0 saturated carbocycles. The quantitative estimate of drug-likeness (QED) is 0.483. The molecular weight excluding hydrogens is 463 g/mol. The molecule has 0 fully saturated rings. The number of nitrogens with zero attached hydrogens (tertiary/aromatic N) is 1. The summed E-state index contributed by atoms with van der Waals surface area (Å²) in [4.78, 5) is 28.1. The van der Waals surface area contributed by atoms with Crippen LogP contribution in [-0.2, 0) is 22.6 Å². The molecule has 2 aromatic carbocycles. The second kappa shape index (κ2) is 11.6. The van der Waals surface area contributed by atoms with Gasteiger partial charge in [-0.25, -0.2) is 0 Å². The van der Waals surface area contributed by atoms with Gasteiger partial charge in [0, 0.05) is 29.1 Å². The Hall–Kier alpha value is -2.44. The Morgan fingerprint density at radius 3 is 2.52 bits per heavy atom. The number of amides is 2. The van der Waals surface area contributed by atoms with Crippen molar-refractivity contribution in [3.05, 3.63) is 57.6 Å². The molecule has 0 radical (unpaired) electrons. The van der Waals surface area contributed by atoms with Crippen molar-refractivity contribution in [3.8, 4) is 11.5 Å². The highest BCUT2D eigenvalue weighted by Gasteiger charge is 2.29. The van der Waals surface area contributed by atoms with E-state index >= 15 is 0 Å². The number of aryl methyl sites for hydroxylation is 1. The van der Waals surface area contributed by atoms with Crippen LogP contribution in [0, 0.1) is 0 Å². The molecule has 6 nitrogen and oxygen atoms in total. The molecule has 0 spiro atoms. The van der Waals surface area contributed by atoms with Gasteiger partial charge >= 0.3 is 0 Å². The first kappa shape index (κ1) is 25.2. The molecule has 1 N–H and O–H groups in total. The number of fused-ring (bicyclic) bond motifs is 1. The Morgan fingerprint density at radius 2 is 1.82 bits per heavy atom. The molecule has 1 aliphatic rings. The summed E-state index contributed by atoms with van der Waals surface area (Å²) in [6, 6.07) is 10.3. The Bertz CT molecular complexity index is 998. The van der Waals surface area contributed by atoms with Gasteiger partial charge in [0.2, 0.25) is 18.6 Å². The third-order valence-electron chi connectivity index (χ3n) is 5.81. The van der Waals surface area contributed by atoms with Crippen molar-refractivity contribution < 1.29 is 19.1 Å². The Kier molecular flexibility index (Phi) is 8.87. The first-order valence-electron chi connectivity index (χ1n) is 11.2. The average molecular weight is 493 g/mol. The zero-order valence-electron chi connectivity index (χ0n) is 19.2. The van der Waals surface area contributed by atoms with Crippen molar-refractivity contribution in [2.45, 2.75) is 65.1 Å². The topological polar surface area (TPSA) is 67.9 Å². The molecule has 2 atom stereocenters. The van der Waals surface area contributed by atoms with E-state index in [4.69, 9.17) is 32.7 Å². The van der Waals surface area contributed by atoms with Gasteiger partial charge in [0.25, 0.3) is 0 Å². The van der Waals surface area contributed by atoms with Crippen LogP contribution >= 0.6 is 23.2 Å². The van der Waals surface area contributed by atoms with E-state index in [0.717, 1.165) is 17.5 Å². The van der Waals surface area contributed by atoms with Crippen molar-refractivity contribution in [1.82, 2.24) is 10.2 Å². The van der Waals surface area contributed by atoms with Crippen LogP contribution < -0.4 is 14.8 Å². The average Bonchev–Trinajstić information content (AvgIpc) is 3.26. The third-order valence-corrected chi connectivity index (χ3v) is 6.39. The van der Waals surface area contributed by atoms with Crippen molar-refractivity contribution in [1.29, 1.82) is 0 Å². The monoisotopic (exact) mass is 492 g/mol. The van der Waals surface area contributed by atoms with E-state index in [-0.39, 0.29) is 37.6 Å². The highest BCUT2D eigenvalue weighted by atomic mass is 35.5. The summed E-state index contributed by atoms with van der Waals surface area (Å²) in [5.41, 5.74) is 1.71. The zero-order chi connectivity index (χ0) is 24.0. The number of carbonyl (C=O) groups is 2. The maximum Gasteiger partial charge on any atom is 0.243 e. The minimum absolute atomic E-state index is 0.0243. The van der Waals surface area contributed by atoms with E-state index in [2.05, 4.69) is 5.32 Å². The molecule has 2 aromatic rings. The number of benzene rings is 2. The molecular formula is C25H30Cl2N2O4. The molecule has 0 saturated heterocycles. The number of halogens is 2. The van der Waals surface area contributed by atoms with E-state index in [0.29, 0.717) is 34.4 Å². The van der Waals surface area contributed by atoms with Crippen LogP contribution in [0.1, 0.15) is 51.2 Å². The maximum absolute atomic E-state index is 13.4. The van der Waals surface area contributed by atoms with Crippen molar-refractivity contribution in [2.24, 2.45) is 0 Å². The minimum Gasteiger partial charge on any atom is -0.454 e. The molecule has 178 valence electrons. The Labute approximate surface area is 205 Å². The normalized spacial score (nSPS) is 14.0. The van der Waals surface area contributed by atoms with Crippen LogP contribution in [0.2, 0.25) is 10.0 Å². The lowest BCUT2D eigenvalue weighted by Crippen LogP contribution is -2.50. The van der Waals surface area contributed by atoms with Crippen molar-refractivity contribution in [3.63, 3.8) is 0 Å². The van der Waals surface area contributed by atoms with E-state index in [1.54, 1.807) is 23.1 Å². The molecule has 0 aliphatic carbocycles. The summed E-state index contributed by atoms with van der Waals surface area (Å²) in [7, 11) is 0. The molecule has 33 heavy (non-hydrogen) atoms. The number of rotatable bonds is 10. The number of hydrogen-bond donors (Lipinski definition) is 1. The van der Waals surface area contributed by atoms with Crippen LogP contribution in [0.25, 0.3) is 0 Å². The molecule has 8 heteroatoms. The van der Waals surface area contributed by atoms with Gasteiger partial charge in [0.1, 0.15) is 6.04 Å². The summed E-state index contributed by atoms with van der Waals surface area (Å²) >= 11 is 12.4. The largest absolute Gasteiger partial charge is 0.454 e. The van der Waals surface area contributed by atoms with E-state index < -0.39 is 6.04 Å². The molecule has 3 rings (SSSR count). The van der Waals surface area contributed by atoms with Crippen molar-refractivity contribution in [2.75, 3.05) is 6.79 Å². The van der Waals surface area contributed by atoms with Crippen molar-refractivity contribution >= 4 is 35.0 Å². The van der Waals surface area contributed by atoms with Crippen LogP contribution in [0.3, 0.4) is 0 Å². The lowest BCUT2D eigenvalue weighted by atomic mass is 10.1. The second-order valence-electron chi connectivity index (χ2n) is 8.19. The highest BCUT2D eigenvalue weighted by Crippen LogP contribution is 2.33. The van der Waals surface area contributed by atoms with Crippen LogP contribution in [-0.4, -0.2) is 35.6 Å². The van der Waals surface area contributed by atoms with Crippen LogP contribution in [0.4, 0.5) is 0 Å². The molecule has 2 amide bonds. The summed E-state index contributed by atoms with van der Waals surface area (Å²) in [6.07, 6.45) is 2.06. The molecule has 0 unspecified atom stereocenters. The SMILES string of the molecule is CC[C@@H](C)NC(=O)[C@H](CC)N(Cc1ccc(Cl)cc1Cl)C(=O)CCc1ccc2c(c1)OCO2. The predicted octanol–water partition coefficient (Wildman–Crippen LogP) is 5.38. The van der Waals surface area contributed by atoms with Gasteiger partial charge in [-0.3, -0.25) is 9.59 Å². The zero-order valence-corrected chi connectivity index (χ0v) is 20.7. The maximum atomic E-state index is 13.4. The molecule has 1 aliphatic heterocycles. The second-order valence-corrected chi connectivity index (χ2v) is 9.03. The van der Waals surface area contributed by atoms with Gasteiger partial charge in [-0.2, -0.15) is 0 Å². The lowest BCUT2D eigenvalue weighted by Gasteiger charge is -2.32. The number of nitrogens with one attached hydrogen (secondary N) is 1. The fraction of sp³-hybridized carbons (Fsp3) is 0.440. The standard InChI is InChI=1S/C25H30Cl2N2O4/c1-4-16(3)28-25(31)21(5-2)29(14-18-8-9-19(26)13-20(18)27)24(30)11-7-17-6-10-22-23(12-17)33-15-32-22/h6,8-10,12-13,16,21H,4-5,7,11,14-15H2,1-3H3,(H,28,31)/t16-,21+/m1/s1. The van der Waals surface area contributed by atoms with Gasteiger partial charge in [0.15, 0.2) is 11.5 Å². The fourth-order valence-electron chi connectivity index (χ4n) is 3.69. The summed E-state index contributed by atoms with van der Waals surface area (Å²) in [6.45, 7) is 6.29. The summed E-state index contributed by atoms with van der Waals surface area (Å²) in [5.74, 6) is 1.11. The predicted molar refractivity (Wildman–Crippen MR) is 130 cm³/mol. The summed E-state index contributed by atoms with van der Waals surface area (Å²) in [5, 5.41) is 4.00. The first-order chi connectivity index (χ1) is 15.8. The highest BCUT2D eigenvalue weighted by molar-refractivity contribution is 6.35. The van der Waals surface area contributed by atoms with E-state index in [9.17, 15) is 9.59 Å². The van der Waals surface area contributed by atoms with Gasteiger partial charge in [0.05, 0.1) is 0 Å². The summed E-state index contributed by atoms with van der Waals surface area (Å²) < 4.78 is 10.8. The number of hydrogen-bond acceptors (Lipinski definition) is 4.